The Morgan fingerprint density at radius 1 is 1.12 bits per heavy atom. The zero-order chi connectivity index (χ0) is 29.1. The van der Waals surface area contributed by atoms with Gasteiger partial charge in [0, 0.05) is 50.1 Å². The van der Waals surface area contributed by atoms with Gasteiger partial charge in [-0.05, 0) is 67.1 Å². The Bertz CT molecular complexity index is 1640. The first-order chi connectivity index (χ1) is 20.4. The van der Waals surface area contributed by atoms with Crippen molar-refractivity contribution in [3.05, 3.63) is 89.0 Å². The molecule has 0 radical (unpaired) electrons. The number of piperidine rings is 1. The van der Waals surface area contributed by atoms with E-state index in [-0.39, 0.29) is 35.7 Å². The third-order valence-electron chi connectivity index (χ3n) is 7.84. The summed E-state index contributed by atoms with van der Waals surface area (Å²) < 4.78 is 33.8. The maximum Gasteiger partial charge on any atom is 0.335 e. The smallest absolute Gasteiger partial charge is 0.335 e. The second kappa shape index (κ2) is 12.2. The molecule has 10 heteroatoms. The van der Waals surface area contributed by atoms with Crippen LogP contribution in [-0.4, -0.2) is 57.4 Å². The van der Waals surface area contributed by atoms with Gasteiger partial charge in [-0.3, -0.25) is 4.90 Å². The lowest BCUT2D eigenvalue weighted by Crippen LogP contribution is -2.38. The Morgan fingerprint density at radius 2 is 1.95 bits per heavy atom. The van der Waals surface area contributed by atoms with Crippen molar-refractivity contribution in [1.82, 2.24) is 14.5 Å². The quantitative estimate of drug-likeness (QED) is 0.279. The first-order valence-corrected chi connectivity index (χ1v) is 14.1. The van der Waals surface area contributed by atoms with Crippen molar-refractivity contribution in [3.63, 3.8) is 0 Å². The van der Waals surface area contributed by atoms with Crippen LogP contribution in [0.4, 0.5) is 4.39 Å². The molecular formula is C32H31FN4O5. The molecule has 1 N–H and O–H groups in total. The number of pyridine rings is 1. The Labute approximate surface area is 242 Å². The average molecular weight is 571 g/mol. The van der Waals surface area contributed by atoms with Crippen LogP contribution < -0.4 is 9.47 Å². The highest BCUT2D eigenvalue weighted by Gasteiger charge is 2.25. The van der Waals surface area contributed by atoms with Gasteiger partial charge in [-0.25, -0.2) is 14.2 Å². The number of aromatic nitrogens is 2. The molecule has 2 saturated heterocycles. The number of halogens is 1. The molecule has 0 saturated carbocycles. The minimum Gasteiger partial charge on any atom is -0.484 e. The number of aromatic carboxylic acids is 1. The molecular weight excluding hydrogens is 539 g/mol. The summed E-state index contributed by atoms with van der Waals surface area (Å²) in [5.74, 6) is -0.948. The summed E-state index contributed by atoms with van der Waals surface area (Å²) in [6, 6.07) is 18.9. The van der Waals surface area contributed by atoms with E-state index in [1.165, 1.54) is 12.1 Å². The van der Waals surface area contributed by atoms with Gasteiger partial charge in [-0.15, -0.1) is 0 Å². The number of hydrogen-bond donors (Lipinski definition) is 1. The predicted octanol–water partition coefficient (Wildman–Crippen LogP) is 5.16. The number of ether oxygens (including phenoxy) is 3. The molecule has 9 nitrogen and oxygen atoms in total. The standard InChI is InChI=1S/C32H31FN4O5/c33-28-14-21(17-34)4-7-30(28)41-20-24-2-1-3-31(35-24)42-26-8-11-36(12-9-26)18-25-15-22-5-6-23(32(38)39)16-29(22)37(25)19-27-10-13-40-27/h1-7,14-16,26-27H,8-13,18-20H2,(H,38,39)/t27-/m0/s1. The SMILES string of the molecule is N#Cc1ccc(OCc2cccc(OC3CCN(Cc4cc5ccc(C(=O)O)cc5n4C[C@@H]4CCO4)CC3)n2)c(F)c1. The zero-order valence-electron chi connectivity index (χ0n) is 23.0. The summed E-state index contributed by atoms with van der Waals surface area (Å²) in [5.41, 5.74) is 3.21. The van der Waals surface area contributed by atoms with Gasteiger partial charge in [0.25, 0.3) is 0 Å². The van der Waals surface area contributed by atoms with E-state index in [0.29, 0.717) is 18.1 Å². The molecule has 0 amide bonds. The van der Waals surface area contributed by atoms with Crippen LogP contribution in [0.1, 0.15) is 46.6 Å². The van der Waals surface area contributed by atoms with Crippen molar-refractivity contribution < 1.29 is 28.5 Å². The Hall–Kier alpha value is -4.46. The van der Waals surface area contributed by atoms with Crippen LogP contribution in [0, 0.1) is 17.1 Å². The van der Waals surface area contributed by atoms with Crippen LogP contribution in [0.3, 0.4) is 0 Å². The van der Waals surface area contributed by atoms with Gasteiger partial charge in [0.05, 0.1) is 29.0 Å². The van der Waals surface area contributed by atoms with Crippen LogP contribution in [0.2, 0.25) is 0 Å². The lowest BCUT2D eigenvalue weighted by molar-refractivity contribution is -0.0591. The first kappa shape index (κ1) is 27.7. The van der Waals surface area contributed by atoms with E-state index in [0.717, 1.165) is 68.2 Å². The fourth-order valence-electron chi connectivity index (χ4n) is 5.45. The van der Waals surface area contributed by atoms with E-state index in [1.807, 2.05) is 24.3 Å². The molecule has 2 aliphatic rings. The molecule has 0 bridgehead atoms. The fraction of sp³-hybridized carbons (Fsp3) is 0.344. The number of rotatable bonds is 10. The number of nitrogens with zero attached hydrogens (tertiary/aromatic N) is 4. The van der Waals surface area contributed by atoms with Gasteiger partial charge in [0.15, 0.2) is 11.6 Å². The van der Waals surface area contributed by atoms with Crippen molar-refractivity contribution in [3.8, 4) is 17.7 Å². The lowest BCUT2D eigenvalue weighted by Gasteiger charge is -2.33. The maximum atomic E-state index is 14.1. The molecule has 2 aromatic carbocycles. The van der Waals surface area contributed by atoms with Crippen molar-refractivity contribution in [2.45, 2.75) is 51.2 Å². The summed E-state index contributed by atoms with van der Waals surface area (Å²) in [5, 5.41) is 19.4. The predicted molar refractivity (Wildman–Crippen MR) is 152 cm³/mol. The Balaban J connectivity index is 1.06. The topological polar surface area (TPSA) is 110 Å². The number of carboxylic acids is 1. The van der Waals surface area contributed by atoms with Gasteiger partial charge < -0.3 is 23.9 Å². The molecule has 0 spiro atoms. The minimum absolute atomic E-state index is 0.0215. The maximum absolute atomic E-state index is 14.1. The number of carbonyl (C=O) groups is 1. The van der Waals surface area contributed by atoms with Crippen LogP contribution in [-0.2, 0) is 24.4 Å². The number of nitriles is 1. The molecule has 6 rings (SSSR count). The normalized spacial score (nSPS) is 17.5. The molecule has 4 heterocycles. The van der Waals surface area contributed by atoms with Gasteiger partial charge in [-0.2, -0.15) is 5.26 Å². The molecule has 42 heavy (non-hydrogen) atoms. The van der Waals surface area contributed by atoms with Crippen LogP contribution in [0.25, 0.3) is 10.9 Å². The summed E-state index contributed by atoms with van der Waals surface area (Å²) >= 11 is 0. The summed E-state index contributed by atoms with van der Waals surface area (Å²) in [6.07, 6.45) is 2.87. The number of likely N-dealkylation sites (tertiary alicyclic amines) is 1. The van der Waals surface area contributed by atoms with Crippen LogP contribution >= 0.6 is 0 Å². The Kier molecular flexibility index (Phi) is 8.04. The largest absolute Gasteiger partial charge is 0.484 e. The molecule has 0 aliphatic carbocycles. The molecule has 2 aliphatic heterocycles. The average Bonchev–Trinajstić information content (AvgIpc) is 3.31. The Morgan fingerprint density at radius 3 is 2.67 bits per heavy atom. The highest BCUT2D eigenvalue weighted by molar-refractivity contribution is 5.93. The highest BCUT2D eigenvalue weighted by atomic mass is 19.1. The number of carboxylic acid groups (broad SMARTS) is 1. The van der Waals surface area contributed by atoms with Gasteiger partial charge in [-0.1, -0.05) is 12.1 Å². The molecule has 0 unspecified atom stereocenters. The number of benzene rings is 2. The molecule has 2 aromatic heterocycles. The van der Waals surface area contributed by atoms with E-state index in [9.17, 15) is 14.3 Å². The monoisotopic (exact) mass is 570 g/mol. The highest BCUT2D eigenvalue weighted by Crippen LogP contribution is 2.27. The molecule has 1 atom stereocenters. The second-order valence-electron chi connectivity index (χ2n) is 10.7. The number of hydrogen-bond acceptors (Lipinski definition) is 7. The van der Waals surface area contributed by atoms with Crippen molar-refractivity contribution in [2.24, 2.45) is 0 Å². The van der Waals surface area contributed by atoms with Crippen molar-refractivity contribution >= 4 is 16.9 Å². The van der Waals surface area contributed by atoms with Crippen LogP contribution in [0.15, 0.2) is 60.7 Å². The van der Waals surface area contributed by atoms with E-state index in [2.05, 4.69) is 20.5 Å². The van der Waals surface area contributed by atoms with Gasteiger partial charge in [0.1, 0.15) is 12.7 Å². The molecule has 2 fully saturated rings. The zero-order valence-corrected chi connectivity index (χ0v) is 23.0. The third kappa shape index (κ3) is 6.22. The van der Waals surface area contributed by atoms with Crippen molar-refractivity contribution in [2.75, 3.05) is 19.7 Å². The molecule has 216 valence electrons. The first-order valence-electron chi connectivity index (χ1n) is 14.1. The lowest BCUT2D eigenvalue weighted by atomic mass is 10.1. The minimum atomic E-state index is -0.930. The summed E-state index contributed by atoms with van der Waals surface area (Å²) in [7, 11) is 0. The van der Waals surface area contributed by atoms with E-state index in [4.69, 9.17) is 19.5 Å². The summed E-state index contributed by atoms with van der Waals surface area (Å²) in [4.78, 5) is 18.5. The number of fused-ring (bicyclic) bond motifs is 1. The van der Waals surface area contributed by atoms with E-state index in [1.54, 1.807) is 18.2 Å². The van der Waals surface area contributed by atoms with Gasteiger partial charge >= 0.3 is 5.97 Å². The van der Waals surface area contributed by atoms with E-state index < -0.39 is 11.8 Å². The summed E-state index contributed by atoms with van der Waals surface area (Å²) in [6.45, 7) is 4.03. The second-order valence-corrected chi connectivity index (χ2v) is 10.7. The molecule has 4 aromatic rings. The fourth-order valence-corrected chi connectivity index (χ4v) is 5.45. The van der Waals surface area contributed by atoms with E-state index >= 15 is 0 Å². The van der Waals surface area contributed by atoms with Crippen LogP contribution in [0.5, 0.6) is 11.6 Å². The van der Waals surface area contributed by atoms with Gasteiger partial charge in [0.2, 0.25) is 5.88 Å². The van der Waals surface area contributed by atoms with Crippen molar-refractivity contribution in [1.29, 1.82) is 5.26 Å². The third-order valence-corrected chi connectivity index (χ3v) is 7.84.